The number of phenolic OH excluding ortho intramolecular Hbond substituents is 2. The number of aliphatic hydroxyl groups is 3. The lowest BCUT2D eigenvalue weighted by atomic mass is 10.1. The van der Waals surface area contributed by atoms with Gasteiger partial charge in [-0.15, -0.1) is 0 Å². The third-order valence-corrected chi connectivity index (χ3v) is 7.95. The summed E-state index contributed by atoms with van der Waals surface area (Å²) in [7, 11) is 0. The predicted molar refractivity (Wildman–Crippen MR) is 201 cm³/mol. The van der Waals surface area contributed by atoms with E-state index in [1.807, 2.05) is 24.3 Å². The number of hydrogen-bond donors (Lipinski definition) is 9. The molecule has 0 spiro atoms. The molecule has 0 heterocycles. The average Bonchev–Trinajstić information content (AvgIpc) is 2.95. The fourth-order valence-electron chi connectivity index (χ4n) is 3.28. The number of phenols is 2. The molecule has 44 heavy (non-hydrogen) atoms. The SMILES string of the molecule is CC(N)=NC[C@H](O)c1cc(O)cc([131I])c1.CC(N)=NC[C@H](O)c1ccccc1[131I].NC(N)=NC[C@H](O)c1cc(O)ccc1[131I]. The first-order chi connectivity index (χ1) is 20.6. The molecule has 0 aliphatic carbocycles. The number of hydrogen-bond acceptors (Lipinski definition) is 8. The number of aromatic hydroxyl groups is 2. The Labute approximate surface area is 297 Å². The number of aliphatic hydroxyl groups excluding tert-OH is 3. The van der Waals surface area contributed by atoms with E-state index in [1.54, 1.807) is 38.1 Å². The first-order valence-corrected chi connectivity index (χ1v) is 16.2. The van der Waals surface area contributed by atoms with Crippen LogP contribution < -0.4 is 22.9 Å². The largest absolute Gasteiger partial charge is 0.508 e. The van der Waals surface area contributed by atoms with Crippen LogP contribution in [-0.4, -0.2) is 62.8 Å². The van der Waals surface area contributed by atoms with E-state index in [0.29, 0.717) is 29.3 Å². The zero-order valence-corrected chi connectivity index (χ0v) is 30.6. The quantitative estimate of drug-likeness (QED) is 0.0867. The number of rotatable bonds is 9. The van der Waals surface area contributed by atoms with E-state index in [2.05, 4.69) is 82.7 Å². The van der Waals surface area contributed by atoms with Gasteiger partial charge in [-0.2, -0.15) is 0 Å². The first kappa shape index (κ1) is 39.6. The number of benzene rings is 3. The monoisotopic (exact) mass is 957 g/mol. The number of halogens is 3. The van der Waals surface area contributed by atoms with Gasteiger partial charge < -0.3 is 48.5 Å². The van der Waals surface area contributed by atoms with Crippen LogP contribution in [-0.2, 0) is 0 Å². The molecular formula is C29H38I3N7O5. The average molecular weight is 957 g/mol. The minimum Gasteiger partial charge on any atom is -0.508 e. The fraction of sp³-hybridized carbons (Fsp3) is 0.276. The molecule has 0 bridgehead atoms. The van der Waals surface area contributed by atoms with Crippen molar-refractivity contribution in [3.05, 3.63) is 88.1 Å². The summed E-state index contributed by atoms with van der Waals surface area (Å²) in [6.45, 7) is 3.99. The highest BCUT2D eigenvalue weighted by Crippen LogP contribution is 2.25. The molecule has 0 saturated carbocycles. The molecule has 13 N–H and O–H groups in total. The number of aliphatic imine (C=N–C) groups is 3. The highest BCUT2D eigenvalue weighted by Gasteiger charge is 2.12. The van der Waals surface area contributed by atoms with E-state index in [1.165, 1.54) is 12.1 Å². The third kappa shape index (κ3) is 16.0. The Hall–Kier alpha value is -2.46. The molecular weight excluding hydrogens is 919 g/mol. The van der Waals surface area contributed by atoms with Gasteiger partial charge >= 0.3 is 0 Å². The Bertz CT molecular complexity index is 1410. The second kappa shape index (κ2) is 20.5. The Balaban J connectivity index is 0.000000330. The highest BCUT2D eigenvalue weighted by molar-refractivity contribution is 14.1. The molecule has 3 rings (SSSR count). The maximum atomic E-state index is 9.78. The Morgan fingerprint density at radius 1 is 0.636 bits per heavy atom. The summed E-state index contributed by atoms with van der Waals surface area (Å²) in [6.07, 6.45) is -2.11. The molecule has 3 aromatic rings. The summed E-state index contributed by atoms with van der Waals surface area (Å²) < 4.78 is 2.77. The summed E-state index contributed by atoms with van der Waals surface area (Å²) in [4.78, 5) is 11.6. The predicted octanol–water partition coefficient (Wildman–Crippen LogP) is 3.41. The number of guanidine groups is 1. The zero-order chi connectivity index (χ0) is 33.4. The van der Waals surface area contributed by atoms with Crippen LogP contribution in [0.1, 0.15) is 48.8 Å². The van der Waals surface area contributed by atoms with Gasteiger partial charge in [-0.25, -0.2) is 0 Å². The highest BCUT2D eigenvalue weighted by atomic mass is 131. The van der Waals surface area contributed by atoms with Gasteiger partial charge in [0.2, 0.25) is 0 Å². The Morgan fingerprint density at radius 2 is 1.16 bits per heavy atom. The van der Waals surface area contributed by atoms with Crippen LogP contribution in [0.4, 0.5) is 0 Å². The molecule has 0 aliphatic heterocycles. The van der Waals surface area contributed by atoms with Crippen LogP contribution in [0.5, 0.6) is 11.5 Å². The Morgan fingerprint density at radius 3 is 1.70 bits per heavy atom. The fourth-order valence-corrected chi connectivity index (χ4v) is 5.40. The molecule has 3 atom stereocenters. The molecule has 0 radical (unpaired) electrons. The van der Waals surface area contributed by atoms with Crippen LogP contribution in [0.15, 0.2) is 75.6 Å². The minimum atomic E-state index is -0.814. The van der Waals surface area contributed by atoms with Crippen molar-refractivity contribution in [1.82, 2.24) is 0 Å². The van der Waals surface area contributed by atoms with Crippen LogP contribution in [0.25, 0.3) is 0 Å². The number of nitrogens with two attached hydrogens (primary N) is 4. The number of nitrogens with zero attached hydrogens (tertiary/aromatic N) is 3. The lowest BCUT2D eigenvalue weighted by molar-refractivity contribution is 0.186. The lowest BCUT2D eigenvalue weighted by Gasteiger charge is -2.10. The maximum Gasteiger partial charge on any atom is 0.186 e. The topological polar surface area (TPSA) is 242 Å². The van der Waals surface area contributed by atoms with E-state index in [4.69, 9.17) is 22.9 Å². The lowest BCUT2D eigenvalue weighted by Crippen LogP contribution is -2.23. The van der Waals surface area contributed by atoms with E-state index in [-0.39, 0.29) is 30.5 Å². The molecule has 12 nitrogen and oxygen atoms in total. The van der Waals surface area contributed by atoms with E-state index >= 15 is 0 Å². The second-order valence-corrected chi connectivity index (χ2v) is 12.8. The van der Waals surface area contributed by atoms with Crippen molar-refractivity contribution in [1.29, 1.82) is 0 Å². The summed E-state index contributed by atoms with van der Waals surface area (Å²) in [6, 6.07) is 17.4. The second-order valence-electron chi connectivity index (χ2n) is 9.25. The van der Waals surface area contributed by atoms with Crippen molar-refractivity contribution in [2.75, 3.05) is 19.6 Å². The van der Waals surface area contributed by atoms with Crippen molar-refractivity contribution in [3.8, 4) is 11.5 Å². The van der Waals surface area contributed by atoms with Gasteiger partial charge in [0.1, 0.15) is 11.5 Å². The maximum absolute atomic E-state index is 9.78. The third-order valence-electron chi connectivity index (χ3n) is 5.37. The van der Waals surface area contributed by atoms with E-state index in [9.17, 15) is 25.5 Å². The molecule has 0 aromatic heterocycles. The first-order valence-electron chi connectivity index (χ1n) is 13.0. The Kier molecular flexibility index (Phi) is 18.5. The van der Waals surface area contributed by atoms with Gasteiger partial charge in [0.25, 0.3) is 0 Å². The van der Waals surface area contributed by atoms with Crippen LogP contribution in [0.2, 0.25) is 0 Å². The minimum absolute atomic E-state index is 0.0655. The van der Waals surface area contributed by atoms with Crippen molar-refractivity contribution in [3.63, 3.8) is 0 Å². The standard InChI is InChI=1S/C10H13IN2O2.C10H13IN2O.C9H12IN3O2/c1-6(12)13-5-10(15)7-2-8(11)4-9(14)3-7;1-7(12)13-6-10(14)8-4-2-3-5-9(8)11;10-7-2-1-5(14)3-6(7)8(15)4-13-9(11)12/h2-4,10,14-15H,5H2,1H3,(H2,12,13);2-5,10,14H,6H2,1H3,(H2,12,13);1-3,8,14-15H,4H2,(H4,11,12,13)/t2*10-;8-/m000/s1/i2*11+4;10+4. The molecule has 0 saturated heterocycles. The van der Waals surface area contributed by atoms with Crippen molar-refractivity contribution in [2.24, 2.45) is 37.9 Å². The molecule has 0 unspecified atom stereocenters. The van der Waals surface area contributed by atoms with E-state index < -0.39 is 18.3 Å². The van der Waals surface area contributed by atoms with Crippen molar-refractivity contribution in [2.45, 2.75) is 32.2 Å². The van der Waals surface area contributed by atoms with Gasteiger partial charge in [0.15, 0.2) is 5.96 Å². The molecule has 0 fully saturated rings. The van der Waals surface area contributed by atoms with Gasteiger partial charge in [-0.3, -0.25) is 15.0 Å². The summed E-state index contributed by atoms with van der Waals surface area (Å²) in [5, 5.41) is 47.9. The van der Waals surface area contributed by atoms with Gasteiger partial charge in [0.05, 0.1) is 49.6 Å². The van der Waals surface area contributed by atoms with Crippen LogP contribution in [0, 0.1) is 10.7 Å². The molecule has 240 valence electrons. The summed E-state index contributed by atoms with van der Waals surface area (Å²) in [5.41, 5.74) is 23.2. The van der Waals surface area contributed by atoms with Gasteiger partial charge in [-0.05, 0) is 141 Å². The van der Waals surface area contributed by atoms with Crippen molar-refractivity contribution < 1.29 is 25.5 Å². The smallest absolute Gasteiger partial charge is 0.186 e. The zero-order valence-electron chi connectivity index (χ0n) is 24.1. The van der Waals surface area contributed by atoms with Gasteiger partial charge in [0, 0.05) is 10.7 Å². The van der Waals surface area contributed by atoms with Gasteiger partial charge in [-0.1, -0.05) is 18.2 Å². The number of amidine groups is 2. The van der Waals surface area contributed by atoms with Crippen LogP contribution in [0.3, 0.4) is 0 Å². The van der Waals surface area contributed by atoms with Crippen LogP contribution >= 0.6 is 67.8 Å². The molecule has 0 amide bonds. The molecule has 0 aliphatic rings. The van der Waals surface area contributed by atoms with Crippen molar-refractivity contribution >= 4 is 85.4 Å². The summed E-state index contributed by atoms with van der Waals surface area (Å²) in [5.74, 6) is 1.11. The normalized spacial score (nSPS) is 13.4. The molecule has 3 aromatic carbocycles. The summed E-state index contributed by atoms with van der Waals surface area (Å²) >= 11 is 6.33. The molecule has 15 heteroatoms. The van der Waals surface area contributed by atoms with E-state index in [0.717, 1.165) is 16.3 Å².